The minimum atomic E-state index is -0.0599. The van der Waals surface area contributed by atoms with Gasteiger partial charge in [0.2, 0.25) is 5.91 Å². The van der Waals surface area contributed by atoms with E-state index in [0.29, 0.717) is 11.9 Å². The zero-order valence-corrected chi connectivity index (χ0v) is 12.4. The Morgan fingerprint density at radius 2 is 2.00 bits per heavy atom. The zero-order valence-electron chi connectivity index (χ0n) is 12.4. The molecule has 1 amide bonds. The van der Waals surface area contributed by atoms with E-state index in [-0.39, 0.29) is 6.04 Å². The van der Waals surface area contributed by atoms with Crippen LogP contribution in [-0.2, 0) is 11.2 Å². The number of anilines is 1. The highest BCUT2D eigenvalue weighted by Gasteiger charge is 2.34. The SMILES string of the molecule is O=C([C@@H]1Cc2ccccc2N1)N1CCCN2CCCC2C1. The number of carbonyl (C=O) groups is 1. The molecular formula is C17H23N3O. The molecule has 4 nitrogen and oxygen atoms in total. The molecule has 1 aromatic carbocycles. The first kappa shape index (κ1) is 13.1. The Bertz CT molecular complexity index is 520. The van der Waals surface area contributed by atoms with Crippen molar-refractivity contribution in [2.75, 3.05) is 31.5 Å². The predicted molar refractivity (Wildman–Crippen MR) is 83.3 cm³/mol. The summed E-state index contributed by atoms with van der Waals surface area (Å²) in [5.41, 5.74) is 2.40. The van der Waals surface area contributed by atoms with Crippen LogP contribution in [0.5, 0.6) is 0 Å². The van der Waals surface area contributed by atoms with E-state index < -0.39 is 0 Å². The van der Waals surface area contributed by atoms with E-state index >= 15 is 0 Å². The number of fused-ring (bicyclic) bond motifs is 2. The molecule has 1 N–H and O–H groups in total. The second kappa shape index (κ2) is 5.34. The maximum absolute atomic E-state index is 12.9. The quantitative estimate of drug-likeness (QED) is 0.853. The number of rotatable bonds is 1. The molecule has 2 atom stereocenters. The normalized spacial score (nSPS) is 28.7. The van der Waals surface area contributed by atoms with Gasteiger partial charge in [-0.25, -0.2) is 0 Å². The predicted octanol–water partition coefficient (Wildman–Crippen LogP) is 1.72. The minimum absolute atomic E-state index is 0.0599. The zero-order chi connectivity index (χ0) is 14.2. The average Bonchev–Trinajstić information content (AvgIpc) is 3.08. The second-order valence-corrected chi connectivity index (χ2v) is 6.53. The van der Waals surface area contributed by atoms with Gasteiger partial charge in [-0.15, -0.1) is 0 Å². The van der Waals surface area contributed by atoms with E-state index in [1.807, 2.05) is 6.07 Å². The van der Waals surface area contributed by atoms with Crippen molar-refractivity contribution in [1.29, 1.82) is 0 Å². The molecule has 3 aliphatic rings. The Kier molecular flexibility index (Phi) is 3.34. The molecule has 3 aliphatic heterocycles. The highest BCUT2D eigenvalue weighted by Crippen LogP contribution is 2.27. The van der Waals surface area contributed by atoms with Gasteiger partial charge in [0.05, 0.1) is 0 Å². The smallest absolute Gasteiger partial charge is 0.245 e. The molecule has 0 radical (unpaired) electrons. The van der Waals surface area contributed by atoms with Gasteiger partial charge in [-0.1, -0.05) is 18.2 Å². The molecule has 1 aromatic rings. The van der Waals surface area contributed by atoms with Crippen molar-refractivity contribution in [2.45, 2.75) is 37.8 Å². The van der Waals surface area contributed by atoms with Crippen molar-refractivity contribution >= 4 is 11.6 Å². The maximum atomic E-state index is 12.9. The maximum Gasteiger partial charge on any atom is 0.245 e. The van der Waals surface area contributed by atoms with Crippen LogP contribution in [0.1, 0.15) is 24.8 Å². The van der Waals surface area contributed by atoms with Crippen molar-refractivity contribution in [1.82, 2.24) is 9.80 Å². The Morgan fingerprint density at radius 3 is 2.90 bits per heavy atom. The lowest BCUT2D eigenvalue weighted by Gasteiger charge is -2.27. The summed E-state index contributed by atoms with van der Waals surface area (Å²) in [6, 6.07) is 8.81. The van der Waals surface area contributed by atoms with Gasteiger partial charge in [0.25, 0.3) is 0 Å². The Balaban J connectivity index is 1.46. The number of carbonyl (C=O) groups excluding carboxylic acids is 1. The lowest BCUT2D eigenvalue weighted by atomic mass is 10.1. The van der Waals surface area contributed by atoms with Crippen LogP contribution in [0.4, 0.5) is 5.69 Å². The van der Waals surface area contributed by atoms with Gasteiger partial charge in [-0.05, 0) is 37.4 Å². The molecule has 0 aromatic heterocycles. The van der Waals surface area contributed by atoms with Crippen LogP contribution >= 0.6 is 0 Å². The van der Waals surface area contributed by atoms with Gasteiger partial charge in [0.15, 0.2) is 0 Å². The van der Waals surface area contributed by atoms with Crippen molar-refractivity contribution in [2.24, 2.45) is 0 Å². The third-order valence-electron chi connectivity index (χ3n) is 5.18. The first-order valence-electron chi connectivity index (χ1n) is 8.18. The van der Waals surface area contributed by atoms with Crippen LogP contribution in [0, 0.1) is 0 Å². The van der Waals surface area contributed by atoms with Gasteiger partial charge in [0.1, 0.15) is 6.04 Å². The number of hydrogen-bond acceptors (Lipinski definition) is 3. The summed E-state index contributed by atoms with van der Waals surface area (Å²) in [6.07, 6.45) is 4.49. The van der Waals surface area contributed by atoms with Crippen molar-refractivity contribution < 1.29 is 4.79 Å². The largest absolute Gasteiger partial charge is 0.373 e. The van der Waals surface area contributed by atoms with E-state index in [1.165, 1.54) is 24.9 Å². The molecular weight excluding hydrogens is 262 g/mol. The first-order valence-corrected chi connectivity index (χ1v) is 8.18. The fraction of sp³-hybridized carbons (Fsp3) is 0.588. The minimum Gasteiger partial charge on any atom is -0.373 e. The lowest BCUT2D eigenvalue weighted by molar-refractivity contribution is -0.132. The molecule has 2 fully saturated rings. The summed E-state index contributed by atoms with van der Waals surface area (Å²) < 4.78 is 0. The summed E-state index contributed by atoms with van der Waals surface area (Å²) in [5, 5.41) is 3.41. The highest BCUT2D eigenvalue weighted by molar-refractivity contribution is 5.87. The fourth-order valence-electron chi connectivity index (χ4n) is 4.07. The van der Waals surface area contributed by atoms with Crippen molar-refractivity contribution in [3.63, 3.8) is 0 Å². The fourth-order valence-corrected chi connectivity index (χ4v) is 4.07. The van der Waals surface area contributed by atoms with Gasteiger partial charge < -0.3 is 10.2 Å². The van der Waals surface area contributed by atoms with Crippen LogP contribution in [-0.4, -0.2) is 54.0 Å². The van der Waals surface area contributed by atoms with Crippen molar-refractivity contribution in [3.05, 3.63) is 29.8 Å². The van der Waals surface area contributed by atoms with Gasteiger partial charge in [-0.3, -0.25) is 9.69 Å². The topological polar surface area (TPSA) is 35.6 Å². The summed E-state index contributed by atoms with van der Waals surface area (Å²) in [5.74, 6) is 0.292. The summed E-state index contributed by atoms with van der Waals surface area (Å²) in [6.45, 7) is 4.22. The number of benzene rings is 1. The number of hydrogen-bond donors (Lipinski definition) is 1. The molecule has 0 aliphatic carbocycles. The second-order valence-electron chi connectivity index (χ2n) is 6.53. The molecule has 21 heavy (non-hydrogen) atoms. The molecule has 3 heterocycles. The first-order chi connectivity index (χ1) is 10.3. The Hall–Kier alpha value is -1.55. The van der Waals surface area contributed by atoms with E-state index in [2.05, 4.69) is 33.3 Å². The standard InChI is InChI=1S/C17H23N3O/c21-17(16-11-13-5-1-2-7-15(13)18-16)20-10-4-9-19-8-3-6-14(19)12-20/h1-2,5,7,14,16,18H,3-4,6,8-12H2/t14?,16-/m0/s1. The lowest BCUT2D eigenvalue weighted by Crippen LogP contribution is -2.46. The van der Waals surface area contributed by atoms with Crippen LogP contribution in [0.3, 0.4) is 0 Å². The summed E-state index contributed by atoms with van der Waals surface area (Å²) >= 11 is 0. The van der Waals surface area contributed by atoms with Crippen LogP contribution in [0.15, 0.2) is 24.3 Å². The van der Waals surface area contributed by atoms with Gasteiger partial charge in [-0.2, -0.15) is 0 Å². The monoisotopic (exact) mass is 285 g/mol. The molecule has 112 valence electrons. The van der Waals surface area contributed by atoms with E-state index in [0.717, 1.165) is 38.2 Å². The molecule has 2 saturated heterocycles. The Labute approximate surface area is 126 Å². The summed E-state index contributed by atoms with van der Waals surface area (Å²) in [4.78, 5) is 17.5. The average molecular weight is 285 g/mol. The molecule has 1 unspecified atom stereocenters. The molecule has 0 bridgehead atoms. The van der Waals surface area contributed by atoms with E-state index in [9.17, 15) is 4.79 Å². The molecule has 4 rings (SSSR count). The van der Waals surface area contributed by atoms with Crippen LogP contribution < -0.4 is 5.32 Å². The van der Waals surface area contributed by atoms with E-state index in [4.69, 9.17) is 0 Å². The molecule has 0 saturated carbocycles. The number of nitrogens with zero attached hydrogens (tertiary/aromatic N) is 2. The van der Waals surface area contributed by atoms with Crippen LogP contribution in [0.2, 0.25) is 0 Å². The van der Waals surface area contributed by atoms with Gasteiger partial charge in [0, 0.05) is 37.8 Å². The number of nitrogens with one attached hydrogen (secondary N) is 1. The number of amides is 1. The highest BCUT2D eigenvalue weighted by atomic mass is 16.2. The van der Waals surface area contributed by atoms with Crippen LogP contribution in [0.25, 0.3) is 0 Å². The third kappa shape index (κ3) is 2.42. The summed E-state index contributed by atoms with van der Waals surface area (Å²) in [7, 11) is 0. The van der Waals surface area contributed by atoms with E-state index in [1.54, 1.807) is 0 Å². The van der Waals surface area contributed by atoms with Crippen molar-refractivity contribution in [3.8, 4) is 0 Å². The molecule has 0 spiro atoms. The third-order valence-corrected chi connectivity index (χ3v) is 5.18. The molecule has 4 heteroatoms. The number of para-hydroxylation sites is 1. The van der Waals surface area contributed by atoms with Gasteiger partial charge >= 0.3 is 0 Å². The Morgan fingerprint density at radius 1 is 1.14 bits per heavy atom.